The highest BCUT2D eigenvalue weighted by atomic mass is 35.5. The van der Waals surface area contributed by atoms with Gasteiger partial charge in [0.25, 0.3) is 11.5 Å². The molecule has 8 nitrogen and oxygen atoms in total. The molecule has 0 aliphatic rings. The van der Waals surface area contributed by atoms with Crippen LogP contribution >= 0.6 is 11.6 Å². The topological polar surface area (TPSA) is 94.7 Å². The zero-order chi connectivity index (χ0) is 16.4. The summed E-state index contributed by atoms with van der Waals surface area (Å²) in [7, 11) is 1.47. The van der Waals surface area contributed by atoms with Crippen LogP contribution in [0, 0.1) is 0 Å². The third-order valence-electron chi connectivity index (χ3n) is 3.08. The summed E-state index contributed by atoms with van der Waals surface area (Å²) in [6.07, 6.45) is 2.84. The number of amides is 1. The van der Waals surface area contributed by atoms with Crippen LogP contribution in [-0.2, 0) is 7.05 Å². The summed E-state index contributed by atoms with van der Waals surface area (Å²) in [6.45, 7) is 0. The summed E-state index contributed by atoms with van der Waals surface area (Å²) in [4.78, 5) is 27.5. The summed E-state index contributed by atoms with van der Waals surface area (Å²) < 4.78 is 2.54. The normalized spacial score (nSPS) is 10.5. The number of carbonyl (C=O) groups excluding carboxylic acids is 1. The van der Waals surface area contributed by atoms with Crippen LogP contribution in [0.15, 0.2) is 47.8 Å². The van der Waals surface area contributed by atoms with Gasteiger partial charge in [0.15, 0.2) is 0 Å². The van der Waals surface area contributed by atoms with Crippen molar-refractivity contribution in [1.82, 2.24) is 24.5 Å². The number of anilines is 1. The largest absolute Gasteiger partial charge is 0.319 e. The zero-order valence-electron chi connectivity index (χ0n) is 12.0. The Hall–Kier alpha value is -3.00. The number of rotatable bonds is 3. The molecule has 0 aliphatic heterocycles. The van der Waals surface area contributed by atoms with Crippen molar-refractivity contribution in [2.45, 2.75) is 0 Å². The standard InChI is InChI=1S/C14H11ClN6O2/c1-20-12(22)6-5-11(19-20)14(23)18-10-4-2-3-9(15)13(10)21-8-16-7-17-21/h2-8H,1H3,(H,18,23). The van der Waals surface area contributed by atoms with Gasteiger partial charge in [-0.1, -0.05) is 17.7 Å². The minimum atomic E-state index is -0.468. The maximum atomic E-state index is 12.3. The lowest BCUT2D eigenvalue weighted by Gasteiger charge is -2.12. The smallest absolute Gasteiger partial charge is 0.276 e. The molecule has 116 valence electrons. The maximum Gasteiger partial charge on any atom is 0.276 e. The van der Waals surface area contributed by atoms with Gasteiger partial charge in [-0.2, -0.15) is 10.2 Å². The van der Waals surface area contributed by atoms with E-state index in [-0.39, 0.29) is 11.3 Å². The minimum absolute atomic E-state index is 0.108. The average molecular weight is 331 g/mol. The second kappa shape index (κ2) is 6.01. The molecule has 0 bridgehead atoms. The van der Waals surface area contributed by atoms with E-state index in [1.54, 1.807) is 18.2 Å². The van der Waals surface area contributed by atoms with Crippen LogP contribution in [0.3, 0.4) is 0 Å². The number of aromatic nitrogens is 5. The van der Waals surface area contributed by atoms with Crippen molar-refractivity contribution in [1.29, 1.82) is 0 Å². The van der Waals surface area contributed by atoms with Crippen molar-refractivity contribution in [3.8, 4) is 5.69 Å². The predicted octanol–water partition coefficient (Wildman–Crippen LogP) is 1.27. The molecule has 0 spiro atoms. The molecule has 0 aliphatic carbocycles. The van der Waals surface area contributed by atoms with Crippen molar-refractivity contribution in [3.63, 3.8) is 0 Å². The highest BCUT2D eigenvalue weighted by molar-refractivity contribution is 6.33. The van der Waals surface area contributed by atoms with Crippen LogP contribution in [0.25, 0.3) is 5.69 Å². The first-order valence-electron chi connectivity index (χ1n) is 6.55. The molecular formula is C14H11ClN6O2. The number of hydrogen-bond donors (Lipinski definition) is 1. The molecule has 0 unspecified atom stereocenters. The molecule has 2 aromatic heterocycles. The summed E-state index contributed by atoms with van der Waals surface area (Å²) in [6, 6.07) is 7.70. The Kier molecular flexibility index (Phi) is 3.90. The molecule has 1 amide bonds. The molecule has 9 heteroatoms. The van der Waals surface area contributed by atoms with E-state index in [1.807, 2.05) is 0 Å². The quantitative estimate of drug-likeness (QED) is 0.780. The molecule has 2 heterocycles. The van der Waals surface area contributed by atoms with Gasteiger partial charge < -0.3 is 5.32 Å². The Balaban J connectivity index is 1.97. The lowest BCUT2D eigenvalue weighted by Crippen LogP contribution is -2.24. The van der Waals surface area contributed by atoms with Crippen LogP contribution in [0.1, 0.15) is 10.5 Å². The van der Waals surface area contributed by atoms with Crippen LogP contribution in [0.4, 0.5) is 5.69 Å². The third kappa shape index (κ3) is 2.97. The highest BCUT2D eigenvalue weighted by Crippen LogP contribution is 2.27. The molecule has 1 N–H and O–H groups in total. The summed E-state index contributed by atoms with van der Waals surface area (Å²) >= 11 is 6.20. The van der Waals surface area contributed by atoms with Gasteiger partial charge >= 0.3 is 0 Å². The summed E-state index contributed by atoms with van der Waals surface area (Å²) in [5.41, 5.74) is 0.748. The molecule has 1 aromatic carbocycles. The van der Waals surface area contributed by atoms with Gasteiger partial charge in [0.1, 0.15) is 24.0 Å². The third-order valence-corrected chi connectivity index (χ3v) is 3.38. The van der Waals surface area contributed by atoms with Crippen molar-refractivity contribution in [3.05, 3.63) is 64.1 Å². The van der Waals surface area contributed by atoms with Crippen molar-refractivity contribution in [2.75, 3.05) is 5.32 Å². The van der Waals surface area contributed by atoms with Gasteiger partial charge in [-0.05, 0) is 18.2 Å². The average Bonchev–Trinajstić information content (AvgIpc) is 3.04. The van der Waals surface area contributed by atoms with Crippen LogP contribution in [0.5, 0.6) is 0 Å². The number of nitrogens with one attached hydrogen (secondary N) is 1. The maximum absolute atomic E-state index is 12.3. The fourth-order valence-electron chi connectivity index (χ4n) is 1.98. The predicted molar refractivity (Wildman–Crippen MR) is 83.8 cm³/mol. The lowest BCUT2D eigenvalue weighted by molar-refractivity contribution is 0.102. The van der Waals surface area contributed by atoms with Gasteiger partial charge in [-0.25, -0.2) is 14.3 Å². The van der Waals surface area contributed by atoms with E-state index < -0.39 is 5.91 Å². The molecule has 0 saturated heterocycles. The van der Waals surface area contributed by atoms with E-state index in [1.165, 1.54) is 36.5 Å². The second-order valence-electron chi connectivity index (χ2n) is 4.61. The zero-order valence-corrected chi connectivity index (χ0v) is 12.7. The number of carbonyl (C=O) groups is 1. The fourth-order valence-corrected chi connectivity index (χ4v) is 2.24. The molecule has 0 fully saturated rings. The lowest BCUT2D eigenvalue weighted by atomic mass is 10.2. The van der Waals surface area contributed by atoms with Crippen molar-refractivity contribution >= 4 is 23.2 Å². The molecule has 0 radical (unpaired) electrons. The fraction of sp³-hybridized carbons (Fsp3) is 0.0714. The number of aryl methyl sites for hydroxylation is 1. The van der Waals surface area contributed by atoms with Crippen LogP contribution < -0.4 is 10.9 Å². The van der Waals surface area contributed by atoms with E-state index in [4.69, 9.17) is 11.6 Å². The van der Waals surface area contributed by atoms with Crippen molar-refractivity contribution in [2.24, 2.45) is 7.05 Å². The Morgan fingerprint density at radius 2 is 2.09 bits per heavy atom. The summed E-state index contributed by atoms with van der Waals surface area (Å²) in [5, 5.41) is 11.0. The molecule has 23 heavy (non-hydrogen) atoms. The first kappa shape index (κ1) is 14.9. The van der Waals surface area contributed by atoms with Crippen LogP contribution in [0.2, 0.25) is 5.02 Å². The minimum Gasteiger partial charge on any atom is -0.319 e. The van der Waals surface area contributed by atoms with Gasteiger partial charge in [0.2, 0.25) is 0 Å². The highest BCUT2D eigenvalue weighted by Gasteiger charge is 2.15. The Morgan fingerprint density at radius 3 is 2.78 bits per heavy atom. The monoisotopic (exact) mass is 330 g/mol. The molecule has 0 saturated carbocycles. The van der Waals surface area contributed by atoms with E-state index in [0.717, 1.165) is 4.68 Å². The van der Waals surface area contributed by atoms with Gasteiger partial charge in [0, 0.05) is 13.1 Å². The van der Waals surface area contributed by atoms with Crippen molar-refractivity contribution < 1.29 is 4.79 Å². The first-order valence-corrected chi connectivity index (χ1v) is 6.93. The Morgan fingerprint density at radius 1 is 1.26 bits per heavy atom. The van der Waals surface area contributed by atoms with E-state index in [9.17, 15) is 9.59 Å². The molecule has 3 rings (SSSR count). The number of halogens is 1. The second-order valence-corrected chi connectivity index (χ2v) is 5.02. The summed E-state index contributed by atoms with van der Waals surface area (Å²) in [5.74, 6) is -0.468. The van der Waals surface area contributed by atoms with E-state index >= 15 is 0 Å². The van der Waals surface area contributed by atoms with Gasteiger partial charge in [0.05, 0.1) is 10.7 Å². The molecule has 3 aromatic rings. The van der Waals surface area contributed by atoms with E-state index in [0.29, 0.717) is 16.4 Å². The van der Waals surface area contributed by atoms with Gasteiger partial charge in [-0.3, -0.25) is 9.59 Å². The molecule has 0 atom stereocenters. The van der Waals surface area contributed by atoms with E-state index in [2.05, 4.69) is 20.5 Å². The number of nitrogens with zero attached hydrogens (tertiary/aromatic N) is 5. The van der Waals surface area contributed by atoms with Gasteiger partial charge in [-0.15, -0.1) is 0 Å². The molecular weight excluding hydrogens is 320 g/mol. The van der Waals surface area contributed by atoms with Crippen LogP contribution in [-0.4, -0.2) is 30.5 Å². The Labute approximate surface area is 135 Å². The SMILES string of the molecule is Cn1nc(C(=O)Nc2cccc(Cl)c2-n2cncn2)ccc1=O. The number of benzene rings is 1. The number of para-hydroxylation sites is 1. The first-order chi connectivity index (χ1) is 11.1. The number of hydrogen-bond acceptors (Lipinski definition) is 5. The Bertz CT molecular complexity index is 919.